The number of hydrogen-bond acceptors (Lipinski definition) is 2. The SMILES string of the molecule is O=C(O)c1cccc2c1CCN2C(=O)c1ccccc1. The van der Waals surface area contributed by atoms with Gasteiger partial charge in [-0.05, 0) is 36.2 Å². The number of hydrogen-bond donors (Lipinski definition) is 1. The maximum absolute atomic E-state index is 12.5. The van der Waals surface area contributed by atoms with E-state index in [1.54, 1.807) is 35.2 Å². The van der Waals surface area contributed by atoms with Crippen molar-refractivity contribution in [2.75, 3.05) is 11.4 Å². The number of amides is 1. The van der Waals surface area contributed by atoms with E-state index in [4.69, 9.17) is 0 Å². The minimum absolute atomic E-state index is 0.0908. The van der Waals surface area contributed by atoms with E-state index in [-0.39, 0.29) is 11.5 Å². The maximum atomic E-state index is 12.5. The summed E-state index contributed by atoms with van der Waals surface area (Å²) < 4.78 is 0. The number of fused-ring (bicyclic) bond motifs is 1. The fourth-order valence-electron chi connectivity index (χ4n) is 2.58. The predicted octanol–water partition coefficient (Wildman–Crippen LogP) is 2.59. The van der Waals surface area contributed by atoms with Gasteiger partial charge in [0.05, 0.1) is 5.56 Å². The highest BCUT2D eigenvalue weighted by molar-refractivity contribution is 6.08. The fraction of sp³-hybridized carbons (Fsp3) is 0.125. The van der Waals surface area contributed by atoms with Crippen LogP contribution in [0.4, 0.5) is 5.69 Å². The van der Waals surface area contributed by atoms with Gasteiger partial charge in [0.2, 0.25) is 0 Å². The summed E-state index contributed by atoms with van der Waals surface area (Å²) in [6.45, 7) is 0.521. The summed E-state index contributed by atoms with van der Waals surface area (Å²) in [4.78, 5) is 25.3. The molecule has 0 saturated heterocycles. The number of carbonyl (C=O) groups excluding carboxylic acids is 1. The topological polar surface area (TPSA) is 57.6 Å². The molecule has 0 aromatic heterocycles. The van der Waals surface area contributed by atoms with E-state index in [9.17, 15) is 14.7 Å². The van der Waals surface area contributed by atoms with Crippen molar-refractivity contribution in [1.82, 2.24) is 0 Å². The Hall–Kier alpha value is -2.62. The first-order chi connectivity index (χ1) is 9.68. The Labute approximate surface area is 116 Å². The van der Waals surface area contributed by atoms with Gasteiger partial charge in [0, 0.05) is 17.8 Å². The molecule has 0 spiro atoms. The molecule has 4 nitrogen and oxygen atoms in total. The third-order valence-electron chi connectivity index (χ3n) is 3.52. The van der Waals surface area contributed by atoms with Crippen molar-refractivity contribution in [3.05, 3.63) is 65.2 Å². The Morgan fingerprint density at radius 3 is 2.45 bits per heavy atom. The van der Waals surface area contributed by atoms with Gasteiger partial charge in [0.15, 0.2) is 0 Å². The van der Waals surface area contributed by atoms with Crippen LogP contribution in [-0.2, 0) is 6.42 Å². The molecule has 0 unspecified atom stereocenters. The van der Waals surface area contributed by atoms with Crippen LogP contribution in [0.3, 0.4) is 0 Å². The number of rotatable bonds is 2. The number of carboxylic acids is 1. The van der Waals surface area contributed by atoms with Crippen LogP contribution >= 0.6 is 0 Å². The average molecular weight is 267 g/mol. The third kappa shape index (κ3) is 1.95. The van der Waals surface area contributed by atoms with Crippen LogP contribution in [0.5, 0.6) is 0 Å². The zero-order valence-electron chi connectivity index (χ0n) is 10.7. The summed E-state index contributed by atoms with van der Waals surface area (Å²) in [6.07, 6.45) is 0.580. The quantitative estimate of drug-likeness (QED) is 0.909. The Morgan fingerprint density at radius 1 is 1.00 bits per heavy atom. The van der Waals surface area contributed by atoms with E-state index in [2.05, 4.69) is 0 Å². The van der Waals surface area contributed by atoms with Gasteiger partial charge in [-0.15, -0.1) is 0 Å². The molecule has 1 amide bonds. The first-order valence-corrected chi connectivity index (χ1v) is 6.40. The lowest BCUT2D eigenvalue weighted by atomic mass is 10.1. The Kier molecular flexibility index (Phi) is 2.99. The summed E-state index contributed by atoms with van der Waals surface area (Å²) in [5, 5.41) is 9.19. The van der Waals surface area contributed by atoms with E-state index in [0.29, 0.717) is 24.2 Å². The zero-order valence-corrected chi connectivity index (χ0v) is 10.7. The standard InChI is InChI=1S/C16H13NO3/c18-15(11-5-2-1-3-6-11)17-10-9-12-13(16(19)20)7-4-8-14(12)17/h1-8H,9-10H2,(H,19,20). The van der Waals surface area contributed by atoms with Crippen LogP contribution in [0.1, 0.15) is 26.3 Å². The van der Waals surface area contributed by atoms with Crippen molar-refractivity contribution in [3.63, 3.8) is 0 Å². The lowest BCUT2D eigenvalue weighted by molar-refractivity contribution is 0.0695. The van der Waals surface area contributed by atoms with Crippen molar-refractivity contribution in [2.24, 2.45) is 0 Å². The number of aromatic carboxylic acids is 1. The van der Waals surface area contributed by atoms with Crippen LogP contribution in [0, 0.1) is 0 Å². The molecule has 1 N–H and O–H groups in total. The second-order valence-corrected chi connectivity index (χ2v) is 4.68. The zero-order chi connectivity index (χ0) is 14.1. The molecular weight excluding hydrogens is 254 g/mol. The van der Waals surface area contributed by atoms with Gasteiger partial charge in [0.1, 0.15) is 0 Å². The lowest BCUT2D eigenvalue weighted by Crippen LogP contribution is -2.28. The van der Waals surface area contributed by atoms with Crippen LogP contribution in [0.25, 0.3) is 0 Å². The molecule has 2 aromatic rings. The average Bonchev–Trinajstić information content (AvgIpc) is 2.91. The molecule has 20 heavy (non-hydrogen) atoms. The molecule has 1 heterocycles. The summed E-state index contributed by atoms with van der Waals surface area (Å²) in [5.74, 6) is -1.04. The largest absolute Gasteiger partial charge is 0.478 e. The Morgan fingerprint density at radius 2 is 1.75 bits per heavy atom. The van der Waals surface area contributed by atoms with Gasteiger partial charge in [-0.3, -0.25) is 4.79 Å². The molecule has 0 atom stereocenters. The van der Waals surface area contributed by atoms with Crippen molar-refractivity contribution in [2.45, 2.75) is 6.42 Å². The van der Waals surface area contributed by atoms with Gasteiger partial charge in [-0.2, -0.15) is 0 Å². The second-order valence-electron chi connectivity index (χ2n) is 4.68. The molecule has 0 radical (unpaired) electrons. The summed E-state index contributed by atoms with van der Waals surface area (Å²) >= 11 is 0. The number of carboxylic acid groups (broad SMARTS) is 1. The molecule has 0 aliphatic carbocycles. The molecule has 2 aromatic carbocycles. The molecule has 100 valence electrons. The third-order valence-corrected chi connectivity index (χ3v) is 3.52. The highest BCUT2D eigenvalue weighted by atomic mass is 16.4. The number of nitrogens with zero attached hydrogens (tertiary/aromatic N) is 1. The molecule has 0 bridgehead atoms. The predicted molar refractivity (Wildman–Crippen MR) is 75.2 cm³/mol. The van der Waals surface area contributed by atoms with E-state index in [0.717, 1.165) is 5.56 Å². The van der Waals surface area contributed by atoms with Gasteiger partial charge in [0.25, 0.3) is 5.91 Å². The number of anilines is 1. The normalized spacial score (nSPS) is 13.1. The number of benzene rings is 2. The molecule has 0 fully saturated rings. The Bertz CT molecular complexity index is 679. The minimum Gasteiger partial charge on any atom is -0.478 e. The first kappa shape index (κ1) is 12.4. The van der Waals surface area contributed by atoms with Crippen molar-refractivity contribution < 1.29 is 14.7 Å². The van der Waals surface area contributed by atoms with E-state index < -0.39 is 5.97 Å². The van der Waals surface area contributed by atoms with Gasteiger partial charge >= 0.3 is 5.97 Å². The minimum atomic E-state index is -0.948. The molecule has 4 heteroatoms. The second kappa shape index (κ2) is 4.81. The van der Waals surface area contributed by atoms with Crippen LogP contribution in [0.2, 0.25) is 0 Å². The van der Waals surface area contributed by atoms with Crippen molar-refractivity contribution in [3.8, 4) is 0 Å². The highest BCUT2D eigenvalue weighted by Crippen LogP contribution is 2.31. The van der Waals surface area contributed by atoms with Gasteiger partial charge in [-0.25, -0.2) is 4.79 Å². The summed E-state index contributed by atoms with van der Waals surface area (Å²) in [7, 11) is 0. The van der Waals surface area contributed by atoms with Crippen LogP contribution < -0.4 is 4.90 Å². The smallest absolute Gasteiger partial charge is 0.336 e. The molecular formula is C16H13NO3. The van der Waals surface area contributed by atoms with Crippen LogP contribution in [0.15, 0.2) is 48.5 Å². The van der Waals surface area contributed by atoms with E-state index in [1.165, 1.54) is 0 Å². The first-order valence-electron chi connectivity index (χ1n) is 6.40. The monoisotopic (exact) mass is 267 g/mol. The molecule has 1 aliphatic rings. The molecule has 1 aliphatic heterocycles. The van der Waals surface area contributed by atoms with Gasteiger partial charge in [-0.1, -0.05) is 24.3 Å². The molecule has 3 rings (SSSR count). The Balaban J connectivity index is 2.00. The van der Waals surface area contributed by atoms with E-state index >= 15 is 0 Å². The van der Waals surface area contributed by atoms with Crippen molar-refractivity contribution >= 4 is 17.6 Å². The summed E-state index contributed by atoms with van der Waals surface area (Å²) in [6, 6.07) is 14.1. The number of carbonyl (C=O) groups is 2. The fourth-order valence-corrected chi connectivity index (χ4v) is 2.58. The van der Waals surface area contributed by atoms with Crippen LogP contribution in [-0.4, -0.2) is 23.5 Å². The highest BCUT2D eigenvalue weighted by Gasteiger charge is 2.28. The lowest BCUT2D eigenvalue weighted by Gasteiger charge is -2.17. The van der Waals surface area contributed by atoms with Crippen molar-refractivity contribution in [1.29, 1.82) is 0 Å². The maximum Gasteiger partial charge on any atom is 0.336 e. The summed E-state index contributed by atoms with van der Waals surface area (Å²) in [5.41, 5.74) is 2.34. The van der Waals surface area contributed by atoms with Gasteiger partial charge < -0.3 is 10.0 Å². The molecule has 0 saturated carbocycles. The van der Waals surface area contributed by atoms with E-state index in [1.807, 2.05) is 18.2 Å².